The molecule has 0 aliphatic carbocycles. The molecule has 0 unspecified atom stereocenters. The summed E-state index contributed by atoms with van der Waals surface area (Å²) >= 11 is 1.47. The van der Waals surface area contributed by atoms with Crippen LogP contribution in [0.15, 0.2) is 11.3 Å². The molecule has 2 N–H and O–H groups in total. The van der Waals surface area contributed by atoms with E-state index in [0.29, 0.717) is 13.1 Å². The minimum absolute atomic E-state index is 0.369. The van der Waals surface area contributed by atoms with Crippen molar-refractivity contribution in [2.75, 3.05) is 0 Å². The summed E-state index contributed by atoms with van der Waals surface area (Å²) in [5.41, 5.74) is 13.3. The maximum atomic E-state index is 8.01. The Kier molecular flexibility index (Phi) is 2.85. The van der Waals surface area contributed by atoms with Gasteiger partial charge in [0.1, 0.15) is 5.01 Å². The van der Waals surface area contributed by atoms with E-state index in [4.69, 9.17) is 11.3 Å². The molecular formula is C5H7N5S. The van der Waals surface area contributed by atoms with E-state index in [2.05, 4.69) is 15.0 Å². The van der Waals surface area contributed by atoms with Crippen molar-refractivity contribution in [2.24, 2.45) is 10.8 Å². The van der Waals surface area contributed by atoms with E-state index in [1.807, 2.05) is 0 Å². The molecule has 0 radical (unpaired) electrons. The molecule has 0 fully saturated rings. The lowest BCUT2D eigenvalue weighted by Crippen LogP contribution is -1.93. The number of thiazole rings is 1. The topological polar surface area (TPSA) is 87.7 Å². The fourth-order valence-corrected chi connectivity index (χ4v) is 1.34. The number of hydrogen-bond acceptors (Lipinski definition) is 4. The Hall–Kier alpha value is -1.10. The van der Waals surface area contributed by atoms with Crippen LogP contribution in [0.5, 0.6) is 0 Å². The molecule has 1 aromatic heterocycles. The van der Waals surface area contributed by atoms with E-state index in [1.54, 1.807) is 6.20 Å². The van der Waals surface area contributed by atoms with Crippen molar-refractivity contribution < 1.29 is 0 Å². The molecule has 1 aromatic rings. The van der Waals surface area contributed by atoms with Gasteiger partial charge in [0.05, 0.1) is 6.54 Å². The molecule has 0 atom stereocenters. The van der Waals surface area contributed by atoms with Gasteiger partial charge >= 0.3 is 0 Å². The maximum absolute atomic E-state index is 8.01. The van der Waals surface area contributed by atoms with Crippen molar-refractivity contribution in [3.8, 4) is 0 Å². The van der Waals surface area contributed by atoms with Gasteiger partial charge in [-0.2, -0.15) is 0 Å². The molecular weight excluding hydrogens is 162 g/mol. The lowest BCUT2D eigenvalue weighted by molar-refractivity contribution is 1.03. The summed E-state index contributed by atoms with van der Waals surface area (Å²) in [5, 5.41) is 4.27. The highest BCUT2D eigenvalue weighted by Gasteiger charge is 1.97. The summed E-state index contributed by atoms with van der Waals surface area (Å²) in [5.74, 6) is 0. The van der Waals surface area contributed by atoms with Gasteiger partial charge in [-0.1, -0.05) is 5.11 Å². The highest BCUT2D eigenvalue weighted by atomic mass is 32.1. The Labute approximate surface area is 67.5 Å². The molecule has 0 saturated carbocycles. The Bertz CT molecular complexity index is 274. The lowest BCUT2D eigenvalue weighted by Gasteiger charge is -1.82. The van der Waals surface area contributed by atoms with Gasteiger partial charge in [0.25, 0.3) is 0 Å². The minimum atomic E-state index is 0.369. The van der Waals surface area contributed by atoms with Crippen LogP contribution >= 0.6 is 11.3 Å². The molecule has 1 rings (SSSR count). The molecule has 11 heavy (non-hydrogen) atoms. The van der Waals surface area contributed by atoms with Crippen LogP contribution < -0.4 is 5.73 Å². The van der Waals surface area contributed by atoms with Gasteiger partial charge in [-0.3, -0.25) is 0 Å². The molecule has 5 nitrogen and oxygen atoms in total. The summed E-state index contributed by atoms with van der Waals surface area (Å²) in [4.78, 5) is 7.58. The molecule has 0 aromatic carbocycles. The van der Waals surface area contributed by atoms with E-state index in [0.717, 1.165) is 9.88 Å². The number of azide groups is 1. The minimum Gasteiger partial charge on any atom is -0.325 e. The molecule has 0 aliphatic heterocycles. The van der Waals surface area contributed by atoms with Gasteiger partial charge in [0.2, 0.25) is 0 Å². The van der Waals surface area contributed by atoms with Crippen LogP contribution in [0, 0.1) is 0 Å². The molecule has 1 heterocycles. The van der Waals surface area contributed by atoms with Crippen molar-refractivity contribution in [3.63, 3.8) is 0 Å². The number of nitrogens with two attached hydrogens (primary N) is 1. The average molecular weight is 169 g/mol. The van der Waals surface area contributed by atoms with Crippen LogP contribution in [0.3, 0.4) is 0 Å². The Morgan fingerprint density at radius 2 is 2.64 bits per heavy atom. The predicted octanol–water partition coefficient (Wildman–Crippen LogP) is 1.41. The SMILES string of the molecule is [N-]=[N+]=NCc1cnc(CN)s1. The second-order valence-electron chi connectivity index (χ2n) is 1.81. The van der Waals surface area contributed by atoms with Crippen molar-refractivity contribution in [3.05, 3.63) is 26.5 Å². The first-order valence-electron chi connectivity index (χ1n) is 3.01. The van der Waals surface area contributed by atoms with Crippen LogP contribution in [-0.2, 0) is 13.1 Å². The molecule has 0 aliphatic rings. The van der Waals surface area contributed by atoms with E-state index < -0.39 is 0 Å². The molecule has 0 bridgehead atoms. The fraction of sp³-hybridized carbons (Fsp3) is 0.400. The Morgan fingerprint density at radius 3 is 3.18 bits per heavy atom. The van der Waals surface area contributed by atoms with Gasteiger partial charge in [0, 0.05) is 22.5 Å². The van der Waals surface area contributed by atoms with E-state index in [1.165, 1.54) is 11.3 Å². The summed E-state index contributed by atoms with van der Waals surface area (Å²) in [6, 6.07) is 0. The quantitative estimate of drug-likeness (QED) is 0.421. The van der Waals surface area contributed by atoms with Gasteiger partial charge in [-0.25, -0.2) is 4.98 Å². The summed E-state index contributed by atoms with van der Waals surface area (Å²) < 4.78 is 0. The van der Waals surface area contributed by atoms with Crippen molar-refractivity contribution in [1.29, 1.82) is 0 Å². The van der Waals surface area contributed by atoms with Crippen LogP contribution in [0.4, 0.5) is 0 Å². The number of rotatable bonds is 3. The molecule has 0 spiro atoms. The summed E-state index contributed by atoms with van der Waals surface area (Å²) in [7, 11) is 0. The monoisotopic (exact) mass is 169 g/mol. The van der Waals surface area contributed by atoms with Crippen LogP contribution in [0.25, 0.3) is 10.4 Å². The van der Waals surface area contributed by atoms with E-state index in [9.17, 15) is 0 Å². The van der Waals surface area contributed by atoms with E-state index >= 15 is 0 Å². The lowest BCUT2D eigenvalue weighted by atomic mass is 10.6. The van der Waals surface area contributed by atoms with Crippen molar-refractivity contribution in [2.45, 2.75) is 13.1 Å². The number of hydrogen-bond donors (Lipinski definition) is 1. The van der Waals surface area contributed by atoms with E-state index in [-0.39, 0.29) is 0 Å². The zero-order valence-corrected chi connectivity index (χ0v) is 6.58. The highest BCUT2D eigenvalue weighted by molar-refractivity contribution is 7.11. The summed E-state index contributed by atoms with van der Waals surface area (Å²) in [6.07, 6.45) is 1.68. The first-order valence-corrected chi connectivity index (χ1v) is 3.83. The number of nitrogens with zero attached hydrogens (tertiary/aromatic N) is 4. The fourth-order valence-electron chi connectivity index (χ4n) is 0.617. The zero-order valence-electron chi connectivity index (χ0n) is 5.77. The molecule has 58 valence electrons. The van der Waals surface area contributed by atoms with Gasteiger partial charge in [-0.15, -0.1) is 11.3 Å². The second kappa shape index (κ2) is 3.92. The van der Waals surface area contributed by atoms with Gasteiger partial charge in [-0.05, 0) is 5.53 Å². The highest BCUT2D eigenvalue weighted by Crippen LogP contribution is 2.12. The van der Waals surface area contributed by atoms with Gasteiger partial charge < -0.3 is 5.73 Å². The zero-order chi connectivity index (χ0) is 8.10. The second-order valence-corrected chi connectivity index (χ2v) is 3.01. The average Bonchev–Trinajstić information content (AvgIpc) is 2.48. The first kappa shape index (κ1) is 8.00. The maximum Gasteiger partial charge on any atom is 0.106 e. The first-order chi connectivity index (χ1) is 5.36. The van der Waals surface area contributed by atoms with Crippen LogP contribution in [0.1, 0.15) is 9.88 Å². The van der Waals surface area contributed by atoms with Crippen LogP contribution in [0.2, 0.25) is 0 Å². The predicted molar refractivity (Wildman–Crippen MR) is 42.9 cm³/mol. The van der Waals surface area contributed by atoms with Crippen LogP contribution in [-0.4, -0.2) is 4.98 Å². The van der Waals surface area contributed by atoms with Crippen molar-refractivity contribution in [1.82, 2.24) is 4.98 Å². The standard InChI is InChI=1S/C5H7N5S/c6-1-5-8-2-4(11-5)3-9-10-7/h2H,1,3,6H2. The smallest absolute Gasteiger partial charge is 0.106 e. The molecule has 6 heteroatoms. The third-order valence-corrected chi connectivity index (χ3v) is 2.07. The van der Waals surface area contributed by atoms with Gasteiger partial charge in [0.15, 0.2) is 0 Å². The summed E-state index contributed by atoms with van der Waals surface area (Å²) in [6.45, 7) is 0.815. The normalized spacial score (nSPS) is 9.18. The molecule has 0 amide bonds. The Morgan fingerprint density at radius 1 is 1.82 bits per heavy atom. The number of aromatic nitrogens is 1. The molecule has 0 saturated heterocycles. The third kappa shape index (κ3) is 2.19. The van der Waals surface area contributed by atoms with Crippen molar-refractivity contribution >= 4 is 11.3 Å². The Balaban J connectivity index is 2.64. The largest absolute Gasteiger partial charge is 0.325 e. The third-order valence-electron chi connectivity index (χ3n) is 1.07.